The molecular weight excluding hydrogens is 351 g/mol. The minimum atomic E-state index is -4.39. The molecule has 1 N–H and O–H groups in total. The van der Waals surface area contributed by atoms with E-state index in [0.29, 0.717) is 10.7 Å². The van der Waals surface area contributed by atoms with Crippen LogP contribution in [0.2, 0.25) is 5.02 Å². The van der Waals surface area contributed by atoms with Crippen molar-refractivity contribution in [2.45, 2.75) is 12.6 Å². The maximum atomic E-state index is 13.0. The Hall–Kier alpha value is -2.47. The molecule has 0 radical (unpaired) electrons. The summed E-state index contributed by atoms with van der Waals surface area (Å²) in [5.41, 5.74) is 2.24. The number of aromatic nitrogens is 2. The fraction of sp³-hybridized carbons (Fsp3) is 0.167. The van der Waals surface area contributed by atoms with E-state index < -0.39 is 11.7 Å². The number of rotatable bonds is 2. The third-order valence-corrected chi connectivity index (χ3v) is 4.40. The molecule has 128 valence electrons. The first-order chi connectivity index (χ1) is 11.9. The standard InChI is InChI=1S/C18H13ClF3N3/c19-13-5-1-3-11(9-13)16-15-7-8-23-17(15)25(24-16)14-6-2-4-12(10-14)18(20,21)22/h1-6,9-10,23H,7-8H2. The lowest BCUT2D eigenvalue weighted by atomic mass is 10.1. The number of alkyl halides is 3. The van der Waals surface area contributed by atoms with Crippen LogP contribution in [-0.2, 0) is 12.6 Å². The first-order valence-electron chi connectivity index (χ1n) is 7.73. The molecule has 25 heavy (non-hydrogen) atoms. The van der Waals surface area contributed by atoms with Crippen LogP contribution in [0.3, 0.4) is 0 Å². The molecular formula is C18H13ClF3N3. The lowest BCUT2D eigenvalue weighted by Crippen LogP contribution is -2.08. The summed E-state index contributed by atoms with van der Waals surface area (Å²) in [6, 6.07) is 12.5. The van der Waals surface area contributed by atoms with Crippen molar-refractivity contribution in [1.29, 1.82) is 0 Å². The summed E-state index contributed by atoms with van der Waals surface area (Å²) in [6.45, 7) is 0.722. The van der Waals surface area contributed by atoms with Crippen molar-refractivity contribution in [1.82, 2.24) is 9.78 Å². The van der Waals surface area contributed by atoms with Crippen LogP contribution in [0, 0.1) is 0 Å². The minimum absolute atomic E-state index is 0.369. The fourth-order valence-electron chi connectivity index (χ4n) is 3.04. The molecule has 0 bridgehead atoms. The zero-order chi connectivity index (χ0) is 17.6. The van der Waals surface area contributed by atoms with Gasteiger partial charge < -0.3 is 5.32 Å². The topological polar surface area (TPSA) is 29.9 Å². The Kier molecular flexibility index (Phi) is 3.72. The highest BCUT2D eigenvalue weighted by Crippen LogP contribution is 2.36. The number of nitrogens with zero attached hydrogens (tertiary/aromatic N) is 2. The molecule has 0 unspecified atom stereocenters. The summed E-state index contributed by atoms with van der Waals surface area (Å²) >= 11 is 6.07. The summed E-state index contributed by atoms with van der Waals surface area (Å²) in [5.74, 6) is 0.731. The van der Waals surface area contributed by atoms with Crippen LogP contribution in [0.4, 0.5) is 19.0 Å². The first kappa shape index (κ1) is 16.0. The molecule has 0 saturated carbocycles. The van der Waals surface area contributed by atoms with Crippen molar-refractivity contribution < 1.29 is 13.2 Å². The average molecular weight is 364 g/mol. The third kappa shape index (κ3) is 2.87. The molecule has 3 nitrogen and oxygen atoms in total. The molecule has 1 aromatic heterocycles. The largest absolute Gasteiger partial charge is 0.416 e. The molecule has 1 aliphatic rings. The monoisotopic (exact) mass is 363 g/mol. The predicted molar refractivity (Wildman–Crippen MR) is 91.2 cm³/mol. The van der Waals surface area contributed by atoms with E-state index in [4.69, 9.17) is 11.6 Å². The highest BCUT2D eigenvalue weighted by molar-refractivity contribution is 6.30. The minimum Gasteiger partial charge on any atom is -0.369 e. The van der Waals surface area contributed by atoms with Crippen LogP contribution in [0.1, 0.15) is 11.1 Å². The van der Waals surface area contributed by atoms with Crippen LogP contribution in [0.15, 0.2) is 48.5 Å². The SMILES string of the molecule is FC(F)(F)c1cccc(-n2nc(-c3cccc(Cl)c3)c3c2NCC3)c1. The number of nitrogens with one attached hydrogen (secondary N) is 1. The van der Waals surface area contributed by atoms with Gasteiger partial charge in [0.05, 0.1) is 16.9 Å². The van der Waals surface area contributed by atoms with Crippen molar-refractivity contribution in [3.63, 3.8) is 0 Å². The van der Waals surface area contributed by atoms with E-state index in [9.17, 15) is 13.2 Å². The second kappa shape index (κ2) is 5.81. The van der Waals surface area contributed by atoms with E-state index in [1.807, 2.05) is 12.1 Å². The van der Waals surface area contributed by atoms with E-state index in [2.05, 4.69) is 10.4 Å². The molecule has 1 aliphatic heterocycles. The maximum Gasteiger partial charge on any atom is 0.416 e. The van der Waals surface area contributed by atoms with Crippen molar-refractivity contribution in [2.24, 2.45) is 0 Å². The smallest absolute Gasteiger partial charge is 0.369 e. The predicted octanol–water partition coefficient (Wildman–Crippen LogP) is 5.18. The summed E-state index contributed by atoms with van der Waals surface area (Å²) in [4.78, 5) is 0. The van der Waals surface area contributed by atoms with Crippen molar-refractivity contribution in [2.75, 3.05) is 11.9 Å². The maximum absolute atomic E-state index is 13.0. The zero-order valence-electron chi connectivity index (χ0n) is 12.9. The summed E-state index contributed by atoms with van der Waals surface area (Å²) < 4.78 is 40.6. The van der Waals surface area contributed by atoms with Gasteiger partial charge in [-0.3, -0.25) is 0 Å². The second-order valence-electron chi connectivity index (χ2n) is 5.82. The molecule has 3 aromatic rings. The van der Waals surface area contributed by atoms with Crippen LogP contribution in [0.5, 0.6) is 0 Å². The molecule has 7 heteroatoms. The first-order valence-corrected chi connectivity index (χ1v) is 8.10. The van der Waals surface area contributed by atoms with E-state index in [-0.39, 0.29) is 0 Å². The molecule has 2 heterocycles. The van der Waals surface area contributed by atoms with E-state index in [0.717, 1.165) is 47.7 Å². The van der Waals surface area contributed by atoms with E-state index in [1.54, 1.807) is 18.2 Å². The highest BCUT2D eigenvalue weighted by Gasteiger charge is 2.31. The Labute approximate surface area is 147 Å². The lowest BCUT2D eigenvalue weighted by molar-refractivity contribution is -0.137. The third-order valence-electron chi connectivity index (χ3n) is 4.17. The van der Waals surface area contributed by atoms with Gasteiger partial charge in [-0.1, -0.05) is 29.8 Å². The van der Waals surface area contributed by atoms with Crippen LogP contribution in [0.25, 0.3) is 16.9 Å². The lowest BCUT2D eigenvalue weighted by Gasteiger charge is -2.10. The van der Waals surface area contributed by atoms with E-state index in [1.165, 1.54) is 10.7 Å². The van der Waals surface area contributed by atoms with Crippen molar-refractivity contribution in [3.8, 4) is 16.9 Å². The fourth-order valence-corrected chi connectivity index (χ4v) is 3.23. The number of fused-ring (bicyclic) bond motifs is 1. The molecule has 0 saturated heterocycles. The number of halogens is 4. The van der Waals surface area contributed by atoms with E-state index >= 15 is 0 Å². The number of benzene rings is 2. The van der Waals surface area contributed by atoms with Gasteiger partial charge in [0.1, 0.15) is 5.82 Å². The zero-order valence-corrected chi connectivity index (χ0v) is 13.7. The van der Waals surface area contributed by atoms with Gasteiger partial charge in [0.15, 0.2) is 0 Å². The van der Waals surface area contributed by atoms with Gasteiger partial charge in [-0.05, 0) is 36.8 Å². The van der Waals surface area contributed by atoms with Crippen LogP contribution in [-0.4, -0.2) is 16.3 Å². The van der Waals surface area contributed by atoms with Gasteiger partial charge in [-0.15, -0.1) is 0 Å². The Balaban J connectivity index is 1.86. The summed E-state index contributed by atoms with van der Waals surface area (Å²) in [5, 5.41) is 8.37. The van der Waals surface area contributed by atoms with Gasteiger partial charge in [0, 0.05) is 22.7 Å². The van der Waals surface area contributed by atoms with Gasteiger partial charge in [0.2, 0.25) is 0 Å². The normalized spacial score (nSPS) is 13.6. The van der Waals surface area contributed by atoms with Gasteiger partial charge in [-0.25, -0.2) is 4.68 Å². The molecule has 0 amide bonds. The number of hydrogen-bond donors (Lipinski definition) is 1. The van der Waals surface area contributed by atoms with Gasteiger partial charge >= 0.3 is 6.18 Å². The van der Waals surface area contributed by atoms with Crippen LogP contribution < -0.4 is 5.32 Å². The quantitative estimate of drug-likeness (QED) is 0.680. The van der Waals surface area contributed by atoms with Crippen LogP contribution >= 0.6 is 11.6 Å². The second-order valence-corrected chi connectivity index (χ2v) is 6.26. The summed E-state index contributed by atoms with van der Waals surface area (Å²) in [7, 11) is 0. The Morgan fingerprint density at radius 2 is 1.88 bits per heavy atom. The number of anilines is 1. The molecule has 4 rings (SSSR count). The molecule has 2 aromatic carbocycles. The Morgan fingerprint density at radius 1 is 1.08 bits per heavy atom. The van der Waals surface area contributed by atoms with Gasteiger partial charge in [0.25, 0.3) is 0 Å². The highest BCUT2D eigenvalue weighted by atomic mass is 35.5. The molecule has 0 spiro atoms. The molecule has 0 atom stereocenters. The number of hydrogen-bond acceptors (Lipinski definition) is 2. The Morgan fingerprint density at radius 3 is 2.64 bits per heavy atom. The molecule has 0 fully saturated rings. The molecule has 0 aliphatic carbocycles. The Bertz CT molecular complexity index is 947. The van der Waals surface area contributed by atoms with Crippen molar-refractivity contribution in [3.05, 3.63) is 64.7 Å². The van der Waals surface area contributed by atoms with Crippen molar-refractivity contribution >= 4 is 17.4 Å². The summed E-state index contributed by atoms with van der Waals surface area (Å²) in [6.07, 6.45) is -3.63. The average Bonchev–Trinajstić information content (AvgIpc) is 3.16. The van der Waals surface area contributed by atoms with Gasteiger partial charge in [-0.2, -0.15) is 18.3 Å².